The third kappa shape index (κ3) is 3.35. The van der Waals surface area contributed by atoms with Crippen LogP contribution in [0.5, 0.6) is 5.75 Å². The molecule has 0 radical (unpaired) electrons. The minimum absolute atomic E-state index is 0.584. The molecule has 0 fully saturated rings. The molecule has 1 rings (SSSR count). The van der Waals surface area contributed by atoms with Crippen LogP contribution in [-0.4, -0.2) is 24.9 Å². The van der Waals surface area contributed by atoms with Gasteiger partial charge in [0, 0.05) is 10.2 Å². The maximum atomic E-state index is 10.7. The van der Waals surface area contributed by atoms with E-state index in [-0.39, 0.29) is 0 Å². The van der Waals surface area contributed by atoms with Crippen LogP contribution in [0.4, 0.5) is 0 Å². The molecule has 0 heterocycles. The molecule has 2 nitrogen and oxygen atoms in total. The van der Waals surface area contributed by atoms with Crippen LogP contribution in [0.15, 0.2) is 22.7 Å². The Hall–Kier alpha value is -0.480. The highest BCUT2D eigenvalue weighted by molar-refractivity contribution is 9.10. The van der Waals surface area contributed by atoms with Gasteiger partial charge in [0.25, 0.3) is 0 Å². The zero-order valence-electron chi connectivity index (χ0n) is 7.83. The Morgan fingerprint density at radius 3 is 3.00 bits per heavy atom. The maximum Gasteiger partial charge on any atom is 0.153 e. The lowest BCUT2D eigenvalue weighted by molar-refractivity contribution is 0.112. The molecule has 0 bridgehead atoms. The molecule has 0 atom stereocenters. The summed E-state index contributed by atoms with van der Waals surface area (Å²) in [6, 6.07) is 5.41. The number of aldehydes is 1. The molecule has 76 valence electrons. The molecular weight excluding hydrogens is 264 g/mol. The summed E-state index contributed by atoms with van der Waals surface area (Å²) in [5, 5.41) is 0. The molecule has 0 N–H and O–H groups in total. The van der Waals surface area contributed by atoms with E-state index in [4.69, 9.17) is 4.74 Å². The summed E-state index contributed by atoms with van der Waals surface area (Å²) in [5.74, 6) is 1.58. The van der Waals surface area contributed by atoms with E-state index in [1.807, 2.05) is 12.3 Å². The highest BCUT2D eigenvalue weighted by Crippen LogP contribution is 2.21. The molecule has 0 saturated heterocycles. The van der Waals surface area contributed by atoms with Gasteiger partial charge in [0.2, 0.25) is 0 Å². The molecule has 14 heavy (non-hydrogen) atoms. The summed E-state index contributed by atoms with van der Waals surface area (Å²) in [6.45, 7) is 0.629. The standard InChI is InChI=1S/C10H11BrO2S/c1-14-5-4-13-10-3-2-9(11)6-8(10)7-12/h2-3,6-7H,4-5H2,1H3. The predicted molar refractivity (Wildman–Crippen MR) is 63.4 cm³/mol. The fourth-order valence-corrected chi connectivity index (χ4v) is 1.61. The van der Waals surface area contributed by atoms with Gasteiger partial charge in [0.05, 0.1) is 12.2 Å². The Morgan fingerprint density at radius 1 is 1.57 bits per heavy atom. The number of carbonyl (C=O) groups is 1. The molecule has 1 aromatic carbocycles. The smallest absolute Gasteiger partial charge is 0.153 e. The van der Waals surface area contributed by atoms with E-state index in [0.717, 1.165) is 16.5 Å². The molecule has 0 aromatic heterocycles. The van der Waals surface area contributed by atoms with Gasteiger partial charge in [0.15, 0.2) is 6.29 Å². The van der Waals surface area contributed by atoms with Gasteiger partial charge in [-0.1, -0.05) is 15.9 Å². The van der Waals surface area contributed by atoms with Gasteiger partial charge in [-0.3, -0.25) is 4.79 Å². The van der Waals surface area contributed by atoms with E-state index in [2.05, 4.69) is 15.9 Å². The molecule has 0 aliphatic heterocycles. The average molecular weight is 275 g/mol. The van der Waals surface area contributed by atoms with Crippen LogP contribution in [0, 0.1) is 0 Å². The summed E-state index contributed by atoms with van der Waals surface area (Å²) in [4.78, 5) is 10.7. The number of halogens is 1. The topological polar surface area (TPSA) is 26.3 Å². The monoisotopic (exact) mass is 274 g/mol. The van der Waals surface area contributed by atoms with E-state index in [1.54, 1.807) is 23.9 Å². The van der Waals surface area contributed by atoms with Crippen molar-refractivity contribution in [3.63, 3.8) is 0 Å². The second-order valence-corrected chi connectivity index (χ2v) is 4.54. The minimum atomic E-state index is 0.584. The van der Waals surface area contributed by atoms with Gasteiger partial charge in [-0.2, -0.15) is 11.8 Å². The summed E-state index contributed by atoms with van der Waals surface area (Å²) < 4.78 is 6.34. The Bertz CT molecular complexity index is 315. The van der Waals surface area contributed by atoms with Crippen LogP contribution in [0.2, 0.25) is 0 Å². The Balaban J connectivity index is 2.70. The van der Waals surface area contributed by atoms with Crippen molar-refractivity contribution in [1.29, 1.82) is 0 Å². The number of hydrogen-bond donors (Lipinski definition) is 0. The van der Waals surface area contributed by atoms with Gasteiger partial charge in [-0.05, 0) is 24.5 Å². The molecule has 0 aliphatic carbocycles. The van der Waals surface area contributed by atoms with E-state index >= 15 is 0 Å². The molecule has 0 saturated carbocycles. The van der Waals surface area contributed by atoms with Crippen LogP contribution in [0.1, 0.15) is 10.4 Å². The maximum absolute atomic E-state index is 10.7. The number of ether oxygens (including phenoxy) is 1. The third-order valence-electron chi connectivity index (χ3n) is 1.64. The molecule has 0 amide bonds. The molecule has 0 aliphatic rings. The number of carbonyl (C=O) groups excluding carboxylic acids is 1. The normalized spacial score (nSPS) is 9.86. The highest BCUT2D eigenvalue weighted by Gasteiger charge is 2.02. The molecule has 1 aromatic rings. The van der Waals surface area contributed by atoms with Crippen LogP contribution in [0.3, 0.4) is 0 Å². The fourth-order valence-electron chi connectivity index (χ4n) is 0.978. The van der Waals surface area contributed by atoms with Crippen molar-refractivity contribution >= 4 is 34.0 Å². The second-order valence-electron chi connectivity index (χ2n) is 2.64. The van der Waals surface area contributed by atoms with Crippen molar-refractivity contribution < 1.29 is 9.53 Å². The van der Waals surface area contributed by atoms with E-state index < -0.39 is 0 Å². The number of thioether (sulfide) groups is 1. The molecule has 4 heteroatoms. The van der Waals surface area contributed by atoms with Gasteiger partial charge in [0.1, 0.15) is 5.75 Å². The van der Waals surface area contributed by atoms with Crippen molar-refractivity contribution in [2.75, 3.05) is 18.6 Å². The van der Waals surface area contributed by atoms with Crippen molar-refractivity contribution in [1.82, 2.24) is 0 Å². The average Bonchev–Trinajstić information content (AvgIpc) is 2.20. The highest BCUT2D eigenvalue weighted by atomic mass is 79.9. The first kappa shape index (κ1) is 11.6. The zero-order valence-corrected chi connectivity index (χ0v) is 10.2. The van der Waals surface area contributed by atoms with Crippen molar-refractivity contribution in [2.45, 2.75) is 0 Å². The Kier molecular flexibility index (Phi) is 5.04. The first-order chi connectivity index (χ1) is 6.77. The quantitative estimate of drug-likeness (QED) is 0.610. The van der Waals surface area contributed by atoms with E-state index in [9.17, 15) is 4.79 Å². The molecular formula is C10H11BrO2S. The molecule has 0 unspecified atom stereocenters. The van der Waals surface area contributed by atoms with Crippen LogP contribution >= 0.6 is 27.7 Å². The van der Waals surface area contributed by atoms with Gasteiger partial charge < -0.3 is 4.74 Å². The summed E-state index contributed by atoms with van der Waals surface area (Å²) in [7, 11) is 0. The zero-order chi connectivity index (χ0) is 10.4. The lowest BCUT2D eigenvalue weighted by Crippen LogP contribution is -2.01. The lowest BCUT2D eigenvalue weighted by Gasteiger charge is -2.07. The first-order valence-electron chi connectivity index (χ1n) is 4.14. The van der Waals surface area contributed by atoms with Crippen LogP contribution in [0.25, 0.3) is 0 Å². The van der Waals surface area contributed by atoms with Crippen molar-refractivity contribution in [3.8, 4) is 5.75 Å². The van der Waals surface area contributed by atoms with E-state index in [0.29, 0.717) is 17.9 Å². The van der Waals surface area contributed by atoms with Crippen LogP contribution in [-0.2, 0) is 0 Å². The van der Waals surface area contributed by atoms with Gasteiger partial charge >= 0.3 is 0 Å². The minimum Gasteiger partial charge on any atom is -0.492 e. The van der Waals surface area contributed by atoms with E-state index in [1.165, 1.54) is 0 Å². The van der Waals surface area contributed by atoms with Gasteiger partial charge in [-0.15, -0.1) is 0 Å². The number of rotatable bonds is 5. The summed E-state index contributed by atoms with van der Waals surface area (Å²) in [6.07, 6.45) is 2.82. The first-order valence-corrected chi connectivity index (χ1v) is 6.33. The summed E-state index contributed by atoms with van der Waals surface area (Å²) >= 11 is 5.02. The summed E-state index contributed by atoms with van der Waals surface area (Å²) in [5.41, 5.74) is 0.584. The molecule has 0 spiro atoms. The van der Waals surface area contributed by atoms with Crippen LogP contribution < -0.4 is 4.74 Å². The lowest BCUT2D eigenvalue weighted by atomic mass is 10.2. The van der Waals surface area contributed by atoms with Gasteiger partial charge in [-0.25, -0.2) is 0 Å². The second kappa shape index (κ2) is 6.09. The predicted octanol–water partition coefficient (Wildman–Crippen LogP) is 3.00. The number of hydrogen-bond acceptors (Lipinski definition) is 3. The fraction of sp³-hybridized carbons (Fsp3) is 0.300. The Morgan fingerprint density at radius 2 is 2.36 bits per heavy atom. The Labute approximate surface area is 96.2 Å². The van der Waals surface area contributed by atoms with Crippen molar-refractivity contribution in [2.24, 2.45) is 0 Å². The van der Waals surface area contributed by atoms with Crippen molar-refractivity contribution in [3.05, 3.63) is 28.2 Å². The third-order valence-corrected chi connectivity index (χ3v) is 2.71. The largest absolute Gasteiger partial charge is 0.492 e. The number of benzene rings is 1. The SMILES string of the molecule is CSCCOc1ccc(Br)cc1C=O.